The second kappa shape index (κ2) is 9.04. The van der Waals surface area contributed by atoms with Crippen LogP contribution in [0.15, 0.2) is 40.1 Å². The summed E-state index contributed by atoms with van der Waals surface area (Å²) in [6, 6.07) is 7.59. The summed E-state index contributed by atoms with van der Waals surface area (Å²) >= 11 is 3.55. The Kier molecular flexibility index (Phi) is 6.17. The third-order valence-electron chi connectivity index (χ3n) is 7.00. The van der Waals surface area contributed by atoms with Gasteiger partial charge in [0.05, 0.1) is 30.7 Å². The van der Waals surface area contributed by atoms with Crippen molar-refractivity contribution in [1.82, 2.24) is 9.80 Å². The lowest BCUT2D eigenvalue weighted by molar-refractivity contribution is -0.135. The molecule has 1 aliphatic carbocycles. The number of ether oxygens (including phenoxy) is 2. The molecule has 0 spiro atoms. The van der Waals surface area contributed by atoms with E-state index in [2.05, 4.69) is 20.8 Å². The van der Waals surface area contributed by atoms with E-state index in [4.69, 9.17) is 9.47 Å². The largest absolute Gasteiger partial charge is 0.483 e. The van der Waals surface area contributed by atoms with E-state index < -0.39 is 0 Å². The maximum Gasteiger partial charge on any atom is 0.290 e. The van der Waals surface area contributed by atoms with E-state index in [0.29, 0.717) is 17.9 Å². The third-order valence-corrected chi connectivity index (χ3v) is 7.49. The van der Waals surface area contributed by atoms with Crippen LogP contribution >= 0.6 is 15.9 Å². The van der Waals surface area contributed by atoms with Crippen LogP contribution in [0.3, 0.4) is 0 Å². The van der Waals surface area contributed by atoms with Gasteiger partial charge in [0.1, 0.15) is 6.10 Å². The first-order chi connectivity index (χ1) is 15.1. The van der Waals surface area contributed by atoms with Gasteiger partial charge in [0.15, 0.2) is 11.5 Å². The van der Waals surface area contributed by atoms with Crippen molar-refractivity contribution in [1.29, 1.82) is 0 Å². The van der Waals surface area contributed by atoms with Gasteiger partial charge in [-0.25, -0.2) is 0 Å². The van der Waals surface area contributed by atoms with Crippen LogP contribution in [0.4, 0.5) is 0 Å². The predicted molar refractivity (Wildman–Crippen MR) is 119 cm³/mol. The number of hydrogen-bond donors (Lipinski definition) is 0. The van der Waals surface area contributed by atoms with Crippen LogP contribution in [0.25, 0.3) is 0 Å². The van der Waals surface area contributed by atoms with Crippen LogP contribution in [-0.4, -0.2) is 67.0 Å². The minimum atomic E-state index is -0.361. The first-order valence-electron chi connectivity index (χ1n) is 11.4. The zero-order chi connectivity index (χ0) is 21.4. The number of carbonyl (C=O) groups is 2. The highest BCUT2D eigenvalue weighted by atomic mass is 79.9. The monoisotopic (exact) mass is 488 g/mol. The molecule has 3 heterocycles. The Labute approximate surface area is 191 Å². The van der Waals surface area contributed by atoms with Crippen molar-refractivity contribution in [3.05, 3.63) is 45.6 Å². The fraction of sp³-hybridized carbons (Fsp3) is 0.583. The Balaban J connectivity index is 1.42. The van der Waals surface area contributed by atoms with E-state index in [9.17, 15) is 9.59 Å². The molecule has 6 nitrogen and oxygen atoms in total. The molecule has 3 atom stereocenters. The molecule has 1 amide bonds. The normalized spacial score (nSPS) is 29.1. The van der Waals surface area contributed by atoms with Crippen LogP contribution in [-0.2, 0) is 19.1 Å². The summed E-state index contributed by atoms with van der Waals surface area (Å²) in [7, 11) is 0. The molecule has 7 heteroatoms. The summed E-state index contributed by atoms with van der Waals surface area (Å²) in [6.07, 6.45) is 4.55. The first kappa shape index (κ1) is 21.2. The number of ketones is 1. The molecule has 0 bridgehead atoms. The van der Waals surface area contributed by atoms with Crippen molar-refractivity contribution in [3.8, 4) is 0 Å². The lowest BCUT2D eigenvalue weighted by Crippen LogP contribution is -2.39. The summed E-state index contributed by atoms with van der Waals surface area (Å²) in [4.78, 5) is 31.3. The molecule has 1 aromatic carbocycles. The van der Waals surface area contributed by atoms with Gasteiger partial charge < -0.3 is 14.4 Å². The number of morpholine rings is 1. The van der Waals surface area contributed by atoms with Crippen molar-refractivity contribution < 1.29 is 19.1 Å². The summed E-state index contributed by atoms with van der Waals surface area (Å²) in [5.74, 6) is 0.201. The molecule has 5 rings (SSSR count). The van der Waals surface area contributed by atoms with E-state index in [1.54, 1.807) is 0 Å². The molecule has 3 unspecified atom stereocenters. The van der Waals surface area contributed by atoms with Crippen LogP contribution in [0, 0.1) is 5.92 Å². The van der Waals surface area contributed by atoms with Crippen LogP contribution in [0.1, 0.15) is 43.7 Å². The van der Waals surface area contributed by atoms with Crippen molar-refractivity contribution in [2.24, 2.45) is 5.92 Å². The zero-order valence-corrected chi connectivity index (χ0v) is 19.3. The number of rotatable bonds is 5. The van der Waals surface area contributed by atoms with E-state index in [-0.39, 0.29) is 29.8 Å². The summed E-state index contributed by atoms with van der Waals surface area (Å²) in [5.41, 5.74) is 1.54. The standard InChI is InChI=1S/C24H29BrN2O4/c25-17-6-3-5-16(15-17)21-20-22(28)18-7-1-2-8-19(18)31-23(20)24(29)27(21)10-4-9-26-11-13-30-14-12-26/h3,5-6,15,18-19,21H,1-2,4,7-14H2. The van der Waals surface area contributed by atoms with Crippen LogP contribution in [0.2, 0.25) is 0 Å². The van der Waals surface area contributed by atoms with E-state index in [0.717, 1.165) is 75.0 Å². The van der Waals surface area contributed by atoms with Gasteiger partial charge in [0.25, 0.3) is 5.91 Å². The minimum Gasteiger partial charge on any atom is -0.483 e. The molecule has 1 aromatic rings. The van der Waals surface area contributed by atoms with Gasteiger partial charge in [0.2, 0.25) is 0 Å². The summed E-state index contributed by atoms with van der Waals surface area (Å²) < 4.78 is 12.6. The second-order valence-electron chi connectivity index (χ2n) is 8.92. The molecule has 0 N–H and O–H groups in total. The Bertz CT molecular complexity index is 895. The fourth-order valence-corrected chi connectivity index (χ4v) is 5.85. The molecular weight excluding hydrogens is 460 g/mol. The highest BCUT2D eigenvalue weighted by molar-refractivity contribution is 9.10. The lowest BCUT2D eigenvalue weighted by atomic mass is 9.77. The van der Waals surface area contributed by atoms with Crippen molar-refractivity contribution in [3.63, 3.8) is 0 Å². The summed E-state index contributed by atoms with van der Waals surface area (Å²) in [5, 5.41) is 0. The lowest BCUT2D eigenvalue weighted by Gasteiger charge is -2.35. The van der Waals surface area contributed by atoms with Gasteiger partial charge in [-0.3, -0.25) is 14.5 Å². The molecule has 1 saturated heterocycles. The van der Waals surface area contributed by atoms with Crippen molar-refractivity contribution in [2.75, 3.05) is 39.4 Å². The summed E-state index contributed by atoms with van der Waals surface area (Å²) in [6.45, 7) is 4.93. The average molecular weight is 489 g/mol. The van der Waals surface area contributed by atoms with E-state index >= 15 is 0 Å². The van der Waals surface area contributed by atoms with Gasteiger partial charge in [0, 0.05) is 30.7 Å². The molecule has 31 heavy (non-hydrogen) atoms. The zero-order valence-electron chi connectivity index (χ0n) is 17.7. The van der Waals surface area contributed by atoms with Gasteiger partial charge in [-0.15, -0.1) is 0 Å². The van der Waals surface area contributed by atoms with E-state index in [1.807, 2.05) is 29.2 Å². The molecule has 3 aliphatic heterocycles. The maximum absolute atomic E-state index is 13.6. The molecule has 166 valence electrons. The first-order valence-corrected chi connectivity index (χ1v) is 12.2. The number of fused-ring (bicyclic) bond motifs is 1. The Morgan fingerprint density at radius 3 is 2.68 bits per heavy atom. The molecular formula is C24H29BrN2O4. The fourth-order valence-electron chi connectivity index (χ4n) is 5.44. The quantitative estimate of drug-likeness (QED) is 0.634. The van der Waals surface area contributed by atoms with Crippen LogP contribution in [0.5, 0.6) is 0 Å². The molecule has 0 aromatic heterocycles. The van der Waals surface area contributed by atoms with Gasteiger partial charge in [-0.1, -0.05) is 34.5 Å². The topological polar surface area (TPSA) is 59.1 Å². The minimum absolute atomic E-state index is 0.108. The number of benzene rings is 1. The Morgan fingerprint density at radius 1 is 1.06 bits per heavy atom. The smallest absolute Gasteiger partial charge is 0.290 e. The number of hydrogen-bond acceptors (Lipinski definition) is 5. The van der Waals surface area contributed by atoms with E-state index in [1.165, 1.54) is 0 Å². The molecule has 0 radical (unpaired) electrons. The van der Waals surface area contributed by atoms with Gasteiger partial charge >= 0.3 is 0 Å². The van der Waals surface area contributed by atoms with Crippen molar-refractivity contribution in [2.45, 2.75) is 44.2 Å². The molecule has 2 fully saturated rings. The van der Waals surface area contributed by atoms with Crippen molar-refractivity contribution >= 4 is 27.6 Å². The predicted octanol–water partition coefficient (Wildman–Crippen LogP) is 3.47. The maximum atomic E-state index is 13.6. The highest BCUT2D eigenvalue weighted by Crippen LogP contribution is 2.47. The Morgan fingerprint density at radius 2 is 1.87 bits per heavy atom. The Hall–Kier alpha value is -1.70. The SMILES string of the molecule is O=C1C2=C(OC3CCCCC13)C(=O)N(CCCN1CCOCC1)C2c1cccc(Br)c1. The number of halogens is 1. The van der Waals surface area contributed by atoms with Gasteiger partial charge in [-0.2, -0.15) is 0 Å². The molecule has 1 saturated carbocycles. The molecule has 4 aliphatic rings. The second-order valence-corrected chi connectivity index (χ2v) is 9.83. The van der Waals surface area contributed by atoms with Crippen LogP contribution < -0.4 is 0 Å². The third kappa shape index (κ3) is 4.08. The highest BCUT2D eigenvalue weighted by Gasteiger charge is 2.51. The number of Topliss-reactive ketones (excluding diaryl/α,β-unsaturated/α-hetero) is 1. The number of nitrogens with zero attached hydrogens (tertiary/aromatic N) is 2. The number of carbonyl (C=O) groups excluding carboxylic acids is 2. The average Bonchev–Trinajstić information content (AvgIpc) is 3.07. The number of amides is 1. The van der Waals surface area contributed by atoms with Gasteiger partial charge in [-0.05, 0) is 43.4 Å².